The number of nitrogens with two attached hydrogens (primary N) is 1. The van der Waals surface area contributed by atoms with E-state index in [1.165, 1.54) is 12.8 Å². The lowest BCUT2D eigenvalue weighted by Gasteiger charge is -2.16. The van der Waals surface area contributed by atoms with Gasteiger partial charge >= 0.3 is 0 Å². The zero-order valence-corrected chi connectivity index (χ0v) is 7.90. The average molecular weight is 177 g/mol. The number of anilines is 1. The van der Waals surface area contributed by atoms with Crippen LogP contribution in [0.15, 0.2) is 18.3 Å². The summed E-state index contributed by atoms with van der Waals surface area (Å²) in [5, 5.41) is 0. The van der Waals surface area contributed by atoms with E-state index in [-0.39, 0.29) is 0 Å². The highest BCUT2D eigenvalue weighted by molar-refractivity contribution is 5.40. The minimum Gasteiger partial charge on any atom is -0.357 e. The Balaban J connectivity index is 2.11. The maximum absolute atomic E-state index is 5.49. The van der Waals surface area contributed by atoms with E-state index in [0.717, 1.165) is 17.4 Å². The fourth-order valence-electron chi connectivity index (χ4n) is 1.39. The first-order chi connectivity index (χ1) is 6.31. The van der Waals surface area contributed by atoms with Crippen molar-refractivity contribution in [1.82, 2.24) is 4.98 Å². The Labute approximate surface area is 78.6 Å². The number of pyridine rings is 1. The van der Waals surface area contributed by atoms with Crippen LogP contribution in [0, 0.1) is 0 Å². The molecule has 1 aliphatic carbocycles. The predicted molar refractivity (Wildman–Crippen MR) is 53.6 cm³/mol. The molecule has 2 N–H and O–H groups in total. The van der Waals surface area contributed by atoms with Gasteiger partial charge in [-0.1, -0.05) is 6.07 Å². The minimum atomic E-state index is 0.570. The lowest BCUT2D eigenvalue weighted by Crippen LogP contribution is -2.20. The highest BCUT2D eigenvalue weighted by atomic mass is 15.2. The molecule has 1 aromatic rings. The largest absolute Gasteiger partial charge is 0.357 e. The first kappa shape index (κ1) is 8.51. The molecule has 0 spiro atoms. The van der Waals surface area contributed by atoms with E-state index in [4.69, 9.17) is 5.73 Å². The maximum atomic E-state index is 5.49. The van der Waals surface area contributed by atoms with Crippen LogP contribution in [-0.4, -0.2) is 18.1 Å². The molecule has 0 radical (unpaired) electrons. The molecule has 70 valence electrons. The SMILES string of the molecule is CN(c1ccc(CN)cn1)C1CC1. The highest BCUT2D eigenvalue weighted by Gasteiger charge is 2.26. The van der Waals surface area contributed by atoms with Crippen LogP contribution in [0.4, 0.5) is 5.82 Å². The first-order valence-electron chi connectivity index (χ1n) is 4.69. The first-order valence-corrected chi connectivity index (χ1v) is 4.69. The molecule has 0 aromatic carbocycles. The van der Waals surface area contributed by atoms with E-state index < -0.39 is 0 Å². The Hall–Kier alpha value is -1.09. The van der Waals surface area contributed by atoms with Crippen LogP contribution in [0.25, 0.3) is 0 Å². The van der Waals surface area contributed by atoms with E-state index in [2.05, 4.69) is 16.9 Å². The summed E-state index contributed by atoms with van der Waals surface area (Å²) in [5.74, 6) is 1.06. The summed E-state index contributed by atoms with van der Waals surface area (Å²) in [5.41, 5.74) is 6.59. The Kier molecular flexibility index (Phi) is 2.19. The standard InChI is InChI=1S/C10H15N3/c1-13(9-3-4-9)10-5-2-8(6-11)7-12-10/h2,5,7,9H,3-4,6,11H2,1H3. The summed E-state index contributed by atoms with van der Waals surface area (Å²) in [7, 11) is 2.10. The number of hydrogen-bond acceptors (Lipinski definition) is 3. The third-order valence-electron chi connectivity index (χ3n) is 2.50. The third kappa shape index (κ3) is 1.80. The number of nitrogens with zero attached hydrogens (tertiary/aromatic N) is 2. The molecular formula is C10H15N3. The Morgan fingerprint density at radius 3 is 2.77 bits per heavy atom. The predicted octanol–water partition coefficient (Wildman–Crippen LogP) is 1.14. The lowest BCUT2D eigenvalue weighted by molar-refractivity contribution is 0.887. The summed E-state index contributed by atoms with van der Waals surface area (Å²) in [6, 6.07) is 4.80. The molecule has 3 heteroatoms. The van der Waals surface area contributed by atoms with E-state index in [1.54, 1.807) is 0 Å². The lowest BCUT2D eigenvalue weighted by atomic mass is 10.3. The molecule has 0 aliphatic heterocycles. The smallest absolute Gasteiger partial charge is 0.128 e. The molecule has 0 amide bonds. The van der Waals surface area contributed by atoms with Crippen LogP contribution in [0.5, 0.6) is 0 Å². The van der Waals surface area contributed by atoms with Gasteiger partial charge in [0.15, 0.2) is 0 Å². The molecule has 0 unspecified atom stereocenters. The summed E-state index contributed by atoms with van der Waals surface area (Å²) in [6.45, 7) is 0.570. The molecule has 1 heterocycles. The van der Waals surface area contributed by atoms with Crippen molar-refractivity contribution < 1.29 is 0 Å². The molecule has 2 rings (SSSR count). The molecule has 1 aliphatic rings. The van der Waals surface area contributed by atoms with Crippen molar-refractivity contribution in [1.29, 1.82) is 0 Å². The van der Waals surface area contributed by atoms with E-state index >= 15 is 0 Å². The second-order valence-electron chi connectivity index (χ2n) is 3.57. The van der Waals surface area contributed by atoms with Gasteiger partial charge in [0.25, 0.3) is 0 Å². The van der Waals surface area contributed by atoms with Gasteiger partial charge in [-0.15, -0.1) is 0 Å². The van der Waals surface area contributed by atoms with Crippen LogP contribution in [0.2, 0.25) is 0 Å². The van der Waals surface area contributed by atoms with Gasteiger partial charge < -0.3 is 10.6 Å². The third-order valence-corrected chi connectivity index (χ3v) is 2.50. The topological polar surface area (TPSA) is 42.1 Å². The summed E-state index contributed by atoms with van der Waals surface area (Å²) in [6.07, 6.45) is 4.46. The van der Waals surface area contributed by atoms with Gasteiger partial charge in [0.05, 0.1) is 0 Å². The minimum absolute atomic E-state index is 0.570. The summed E-state index contributed by atoms with van der Waals surface area (Å²) in [4.78, 5) is 6.59. The van der Waals surface area contributed by atoms with E-state index in [9.17, 15) is 0 Å². The van der Waals surface area contributed by atoms with E-state index in [1.807, 2.05) is 18.3 Å². The van der Waals surface area contributed by atoms with Crippen molar-refractivity contribution in [2.45, 2.75) is 25.4 Å². The van der Waals surface area contributed by atoms with Crippen LogP contribution < -0.4 is 10.6 Å². The summed E-state index contributed by atoms with van der Waals surface area (Å²) < 4.78 is 0. The molecule has 13 heavy (non-hydrogen) atoms. The monoisotopic (exact) mass is 177 g/mol. The number of aromatic nitrogens is 1. The molecule has 1 saturated carbocycles. The van der Waals surface area contributed by atoms with Crippen molar-refractivity contribution in [3.63, 3.8) is 0 Å². The van der Waals surface area contributed by atoms with Crippen molar-refractivity contribution in [3.05, 3.63) is 23.9 Å². The van der Waals surface area contributed by atoms with Crippen molar-refractivity contribution in [3.8, 4) is 0 Å². The normalized spacial score (nSPS) is 15.8. The summed E-state index contributed by atoms with van der Waals surface area (Å²) >= 11 is 0. The van der Waals surface area contributed by atoms with Crippen molar-refractivity contribution in [2.75, 3.05) is 11.9 Å². The zero-order valence-electron chi connectivity index (χ0n) is 7.90. The van der Waals surface area contributed by atoms with Gasteiger partial charge in [0.1, 0.15) is 5.82 Å². The van der Waals surface area contributed by atoms with Crippen molar-refractivity contribution >= 4 is 5.82 Å². The second-order valence-corrected chi connectivity index (χ2v) is 3.57. The van der Waals surface area contributed by atoms with Crippen molar-refractivity contribution in [2.24, 2.45) is 5.73 Å². The molecule has 3 nitrogen and oxygen atoms in total. The molecule has 0 bridgehead atoms. The highest BCUT2D eigenvalue weighted by Crippen LogP contribution is 2.28. The Morgan fingerprint density at radius 1 is 1.54 bits per heavy atom. The average Bonchev–Trinajstić information content (AvgIpc) is 3.00. The maximum Gasteiger partial charge on any atom is 0.128 e. The van der Waals surface area contributed by atoms with Crippen LogP contribution >= 0.6 is 0 Å². The molecular weight excluding hydrogens is 162 g/mol. The van der Waals surface area contributed by atoms with Crippen LogP contribution in [-0.2, 0) is 6.54 Å². The Bertz CT molecular complexity index is 277. The number of rotatable bonds is 3. The molecule has 1 aromatic heterocycles. The van der Waals surface area contributed by atoms with Gasteiger partial charge in [-0.3, -0.25) is 0 Å². The number of hydrogen-bond donors (Lipinski definition) is 1. The zero-order chi connectivity index (χ0) is 9.26. The second kappa shape index (κ2) is 3.34. The van der Waals surface area contributed by atoms with Gasteiger partial charge in [0, 0.05) is 25.8 Å². The fraction of sp³-hybridized carbons (Fsp3) is 0.500. The van der Waals surface area contributed by atoms with Crippen LogP contribution in [0.1, 0.15) is 18.4 Å². The van der Waals surface area contributed by atoms with E-state index in [0.29, 0.717) is 6.54 Å². The molecule has 0 atom stereocenters. The fourth-order valence-corrected chi connectivity index (χ4v) is 1.39. The van der Waals surface area contributed by atoms with Gasteiger partial charge in [0.2, 0.25) is 0 Å². The molecule has 0 saturated heterocycles. The van der Waals surface area contributed by atoms with Crippen LogP contribution in [0.3, 0.4) is 0 Å². The quantitative estimate of drug-likeness (QED) is 0.752. The molecule has 1 fully saturated rings. The van der Waals surface area contributed by atoms with Gasteiger partial charge in [-0.2, -0.15) is 0 Å². The van der Waals surface area contributed by atoms with Gasteiger partial charge in [-0.25, -0.2) is 4.98 Å². The van der Waals surface area contributed by atoms with Gasteiger partial charge in [-0.05, 0) is 24.5 Å². The Morgan fingerprint density at radius 2 is 2.31 bits per heavy atom.